The molecule has 104 valence electrons. The van der Waals surface area contributed by atoms with E-state index in [9.17, 15) is 9.59 Å². The molecule has 2 rings (SSSR count). The molecule has 0 bridgehead atoms. The number of aryl methyl sites for hydroxylation is 2. The number of carbonyl (C=O) groups is 1. The van der Waals surface area contributed by atoms with Gasteiger partial charge >= 0.3 is 0 Å². The minimum atomic E-state index is -0.127. The van der Waals surface area contributed by atoms with Gasteiger partial charge in [-0.05, 0) is 31.0 Å². The largest absolute Gasteiger partial charge is 0.352 e. The van der Waals surface area contributed by atoms with Crippen LogP contribution in [0.15, 0.2) is 47.4 Å². The maximum Gasteiger partial charge on any atom is 0.266 e. The van der Waals surface area contributed by atoms with E-state index < -0.39 is 0 Å². The Morgan fingerprint density at radius 3 is 2.80 bits per heavy atom. The number of aromatic nitrogens is 2. The maximum atomic E-state index is 11.9. The summed E-state index contributed by atoms with van der Waals surface area (Å²) in [7, 11) is 0. The van der Waals surface area contributed by atoms with Gasteiger partial charge in [0.2, 0.25) is 0 Å². The number of nitrogens with zero attached hydrogens (tertiary/aromatic N) is 2. The summed E-state index contributed by atoms with van der Waals surface area (Å²) in [4.78, 5) is 23.4. The second-order valence-corrected chi connectivity index (χ2v) is 4.51. The Morgan fingerprint density at radius 1 is 1.25 bits per heavy atom. The second kappa shape index (κ2) is 6.65. The van der Waals surface area contributed by atoms with Crippen LogP contribution in [0.1, 0.15) is 22.3 Å². The van der Waals surface area contributed by atoms with Crippen LogP contribution in [-0.4, -0.2) is 22.2 Å². The minimum Gasteiger partial charge on any atom is -0.352 e. The SMILES string of the molecule is Cc1ccccc1C(=O)NCCCn1ncccc1=O. The molecule has 0 saturated heterocycles. The molecule has 1 aromatic carbocycles. The molecule has 5 nitrogen and oxygen atoms in total. The number of amides is 1. The van der Waals surface area contributed by atoms with Crippen molar-refractivity contribution in [3.63, 3.8) is 0 Å². The van der Waals surface area contributed by atoms with Crippen LogP contribution >= 0.6 is 0 Å². The van der Waals surface area contributed by atoms with Gasteiger partial charge in [0, 0.05) is 30.9 Å². The molecule has 0 fully saturated rings. The Kier molecular flexibility index (Phi) is 4.65. The summed E-state index contributed by atoms with van der Waals surface area (Å²) in [5, 5.41) is 6.81. The van der Waals surface area contributed by atoms with Crippen molar-refractivity contribution in [2.75, 3.05) is 6.54 Å². The summed E-state index contributed by atoms with van der Waals surface area (Å²) in [6.45, 7) is 2.91. The molecule has 0 unspecified atom stereocenters. The zero-order valence-corrected chi connectivity index (χ0v) is 11.4. The van der Waals surface area contributed by atoms with E-state index in [-0.39, 0.29) is 11.5 Å². The maximum absolute atomic E-state index is 11.9. The third-order valence-electron chi connectivity index (χ3n) is 3.01. The molecule has 0 atom stereocenters. The number of carbonyl (C=O) groups excluding carboxylic acids is 1. The molecule has 0 radical (unpaired) electrons. The van der Waals surface area contributed by atoms with Gasteiger partial charge < -0.3 is 5.32 Å². The quantitative estimate of drug-likeness (QED) is 0.835. The van der Waals surface area contributed by atoms with E-state index in [4.69, 9.17) is 0 Å². The van der Waals surface area contributed by atoms with Crippen LogP contribution in [0.5, 0.6) is 0 Å². The number of rotatable bonds is 5. The molecule has 5 heteroatoms. The fourth-order valence-corrected chi connectivity index (χ4v) is 1.91. The van der Waals surface area contributed by atoms with Gasteiger partial charge in [0.15, 0.2) is 0 Å². The fraction of sp³-hybridized carbons (Fsp3) is 0.267. The first kappa shape index (κ1) is 14.0. The smallest absolute Gasteiger partial charge is 0.266 e. The Morgan fingerprint density at radius 2 is 2.05 bits per heavy atom. The third kappa shape index (κ3) is 3.54. The van der Waals surface area contributed by atoms with Crippen molar-refractivity contribution in [3.8, 4) is 0 Å². The van der Waals surface area contributed by atoms with Gasteiger partial charge in [-0.1, -0.05) is 18.2 Å². The molecule has 1 aromatic heterocycles. The fourth-order valence-electron chi connectivity index (χ4n) is 1.91. The number of benzene rings is 1. The van der Waals surface area contributed by atoms with E-state index in [0.717, 1.165) is 5.56 Å². The lowest BCUT2D eigenvalue weighted by atomic mass is 10.1. The average Bonchev–Trinajstić information content (AvgIpc) is 2.45. The van der Waals surface area contributed by atoms with Crippen molar-refractivity contribution < 1.29 is 4.79 Å². The number of hydrogen-bond donors (Lipinski definition) is 1. The van der Waals surface area contributed by atoms with Gasteiger partial charge in [-0.25, -0.2) is 4.68 Å². The Bertz CT molecular complexity index is 649. The summed E-state index contributed by atoms with van der Waals surface area (Å²) in [6, 6.07) is 10.5. The molecule has 2 aromatic rings. The molecular formula is C15H17N3O2. The lowest BCUT2D eigenvalue weighted by molar-refractivity contribution is 0.0952. The van der Waals surface area contributed by atoms with E-state index in [1.807, 2.05) is 25.1 Å². The third-order valence-corrected chi connectivity index (χ3v) is 3.01. The van der Waals surface area contributed by atoms with Gasteiger partial charge in [0.05, 0.1) is 0 Å². The molecule has 1 N–H and O–H groups in total. The molecular weight excluding hydrogens is 254 g/mol. The lowest BCUT2D eigenvalue weighted by Crippen LogP contribution is -2.28. The van der Waals surface area contributed by atoms with E-state index in [1.54, 1.807) is 18.3 Å². The second-order valence-electron chi connectivity index (χ2n) is 4.51. The molecule has 0 aliphatic carbocycles. The predicted molar refractivity (Wildman–Crippen MR) is 76.6 cm³/mol. The van der Waals surface area contributed by atoms with Gasteiger partial charge in [0.25, 0.3) is 11.5 Å². The summed E-state index contributed by atoms with van der Waals surface area (Å²) in [6.07, 6.45) is 2.24. The van der Waals surface area contributed by atoms with Crippen molar-refractivity contribution >= 4 is 5.91 Å². The van der Waals surface area contributed by atoms with Gasteiger partial charge in [-0.15, -0.1) is 0 Å². The van der Waals surface area contributed by atoms with Crippen LogP contribution < -0.4 is 10.9 Å². The van der Waals surface area contributed by atoms with Gasteiger partial charge in [0.1, 0.15) is 0 Å². The molecule has 0 saturated carbocycles. The molecule has 1 amide bonds. The van der Waals surface area contributed by atoms with Crippen molar-refractivity contribution in [1.29, 1.82) is 0 Å². The highest BCUT2D eigenvalue weighted by atomic mass is 16.1. The molecule has 1 heterocycles. The highest BCUT2D eigenvalue weighted by Crippen LogP contribution is 2.06. The van der Waals surface area contributed by atoms with E-state index >= 15 is 0 Å². The van der Waals surface area contributed by atoms with Gasteiger partial charge in [-0.2, -0.15) is 5.10 Å². The molecule has 0 aliphatic rings. The van der Waals surface area contributed by atoms with E-state index in [2.05, 4.69) is 10.4 Å². The van der Waals surface area contributed by atoms with Crippen LogP contribution in [0.2, 0.25) is 0 Å². The van der Waals surface area contributed by atoms with Crippen molar-refractivity contribution in [3.05, 3.63) is 64.1 Å². The van der Waals surface area contributed by atoms with Crippen LogP contribution in [-0.2, 0) is 6.54 Å². The van der Waals surface area contributed by atoms with E-state index in [1.165, 1.54) is 10.7 Å². The summed E-state index contributed by atoms with van der Waals surface area (Å²) >= 11 is 0. The summed E-state index contributed by atoms with van der Waals surface area (Å²) in [5.74, 6) is -0.0866. The standard InChI is InChI=1S/C15H17N3O2/c1-12-6-2-3-7-13(12)15(20)16-9-5-11-18-14(19)8-4-10-17-18/h2-4,6-8,10H,5,9,11H2,1H3,(H,16,20). The predicted octanol–water partition coefficient (Wildman–Crippen LogP) is 1.37. The number of nitrogens with one attached hydrogen (secondary N) is 1. The lowest BCUT2D eigenvalue weighted by Gasteiger charge is -2.08. The Balaban J connectivity index is 1.82. The van der Waals surface area contributed by atoms with Crippen molar-refractivity contribution in [2.24, 2.45) is 0 Å². The first-order valence-corrected chi connectivity index (χ1v) is 6.54. The molecule has 0 aliphatic heterocycles. The van der Waals surface area contributed by atoms with Gasteiger partial charge in [-0.3, -0.25) is 9.59 Å². The highest BCUT2D eigenvalue weighted by molar-refractivity contribution is 5.95. The topological polar surface area (TPSA) is 64.0 Å². The number of hydrogen-bond acceptors (Lipinski definition) is 3. The van der Waals surface area contributed by atoms with Crippen molar-refractivity contribution in [2.45, 2.75) is 19.9 Å². The van der Waals surface area contributed by atoms with E-state index in [0.29, 0.717) is 25.1 Å². The highest BCUT2D eigenvalue weighted by Gasteiger charge is 2.06. The average molecular weight is 271 g/mol. The zero-order chi connectivity index (χ0) is 14.4. The Hall–Kier alpha value is -2.43. The van der Waals surface area contributed by atoms with Crippen LogP contribution in [0.4, 0.5) is 0 Å². The minimum absolute atomic E-state index is 0.0866. The zero-order valence-electron chi connectivity index (χ0n) is 11.4. The normalized spacial score (nSPS) is 10.2. The first-order valence-electron chi connectivity index (χ1n) is 6.54. The van der Waals surface area contributed by atoms with Crippen molar-refractivity contribution in [1.82, 2.24) is 15.1 Å². The van der Waals surface area contributed by atoms with Crippen LogP contribution in [0.25, 0.3) is 0 Å². The summed E-state index contributed by atoms with van der Waals surface area (Å²) < 4.78 is 1.39. The first-order chi connectivity index (χ1) is 9.68. The Labute approximate surface area is 117 Å². The molecule has 0 spiro atoms. The summed E-state index contributed by atoms with van der Waals surface area (Å²) in [5.41, 5.74) is 1.51. The van der Waals surface area contributed by atoms with Crippen LogP contribution in [0.3, 0.4) is 0 Å². The van der Waals surface area contributed by atoms with Crippen LogP contribution in [0, 0.1) is 6.92 Å². The monoisotopic (exact) mass is 271 g/mol. The molecule has 20 heavy (non-hydrogen) atoms.